The van der Waals surface area contributed by atoms with Gasteiger partial charge in [0.05, 0.1) is 5.60 Å². The molecule has 0 spiro atoms. The molecule has 2 heteroatoms. The van der Waals surface area contributed by atoms with Crippen molar-refractivity contribution in [2.24, 2.45) is 0 Å². The Morgan fingerprint density at radius 1 is 0.880 bits per heavy atom. The molecule has 0 heterocycles. The molecule has 25 heavy (non-hydrogen) atoms. The minimum absolute atomic E-state index is 0.121. The zero-order valence-electron chi connectivity index (χ0n) is 14.5. The molecule has 1 aliphatic rings. The van der Waals surface area contributed by atoms with Crippen molar-refractivity contribution in [1.82, 2.24) is 5.32 Å². The highest BCUT2D eigenvalue weighted by molar-refractivity contribution is 5.86. The van der Waals surface area contributed by atoms with E-state index in [1.807, 2.05) is 6.07 Å². The molecule has 3 aromatic carbocycles. The van der Waals surface area contributed by atoms with Crippen molar-refractivity contribution < 1.29 is 5.11 Å². The molecular formula is C23H25NO. The predicted molar refractivity (Wildman–Crippen MR) is 104 cm³/mol. The summed E-state index contributed by atoms with van der Waals surface area (Å²) in [5, 5.41) is 17.2. The highest BCUT2D eigenvalue weighted by Crippen LogP contribution is 2.44. The van der Waals surface area contributed by atoms with Crippen molar-refractivity contribution >= 4 is 10.8 Å². The number of aliphatic hydroxyl groups is 1. The second-order valence-corrected chi connectivity index (χ2v) is 7.19. The maximum atomic E-state index is 11.1. The Morgan fingerprint density at radius 2 is 1.60 bits per heavy atom. The molecule has 0 radical (unpaired) electrons. The van der Waals surface area contributed by atoms with Crippen molar-refractivity contribution in [1.29, 1.82) is 0 Å². The van der Waals surface area contributed by atoms with E-state index in [2.05, 4.69) is 72.0 Å². The predicted octanol–water partition coefficient (Wildman–Crippen LogP) is 4.63. The lowest BCUT2D eigenvalue weighted by atomic mass is 9.68. The molecule has 0 bridgehead atoms. The standard InChI is InChI=1S/C23H25NO/c25-23(14-7-15-23)22(17-24-16-18-8-2-1-3-9-18)21-13-6-11-19-10-4-5-12-20(19)21/h1-6,8-13,22,24-25H,7,14-17H2. The summed E-state index contributed by atoms with van der Waals surface area (Å²) in [5.74, 6) is 0.121. The normalized spacial score (nSPS) is 17.2. The molecule has 0 aliphatic heterocycles. The van der Waals surface area contributed by atoms with Crippen molar-refractivity contribution in [2.75, 3.05) is 6.54 Å². The zero-order chi connectivity index (χ0) is 17.1. The number of hydrogen-bond acceptors (Lipinski definition) is 2. The highest BCUT2D eigenvalue weighted by Gasteiger charge is 2.43. The van der Waals surface area contributed by atoms with E-state index in [-0.39, 0.29) is 5.92 Å². The van der Waals surface area contributed by atoms with Crippen LogP contribution in [0.4, 0.5) is 0 Å². The van der Waals surface area contributed by atoms with E-state index in [9.17, 15) is 5.11 Å². The van der Waals surface area contributed by atoms with E-state index in [1.54, 1.807) is 0 Å². The molecule has 2 N–H and O–H groups in total. The first-order chi connectivity index (χ1) is 12.3. The van der Waals surface area contributed by atoms with Gasteiger partial charge in [0, 0.05) is 19.0 Å². The van der Waals surface area contributed by atoms with E-state index in [1.165, 1.54) is 21.9 Å². The second kappa shape index (κ2) is 6.99. The molecule has 1 atom stereocenters. The summed E-state index contributed by atoms with van der Waals surface area (Å²) >= 11 is 0. The maximum absolute atomic E-state index is 11.1. The summed E-state index contributed by atoms with van der Waals surface area (Å²) in [5.41, 5.74) is 1.97. The Labute approximate surface area is 149 Å². The minimum atomic E-state index is -0.576. The number of fused-ring (bicyclic) bond motifs is 1. The third-order valence-corrected chi connectivity index (χ3v) is 5.59. The summed E-state index contributed by atoms with van der Waals surface area (Å²) < 4.78 is 0. The summed E-state index contributed by atoms with van der Waals surface area (Å²) in [7, 11) is 0. The molecule has 2 nitrogen and oxygen atoms in total. The third kappa shape index (κ3) is 3.33. The Kier molecular flexibility index (Phi) is 4.56. The van der Waals surface area contributed by atoms with Crippen molar-refractivity contribution in [3.05, 3.63) is 83.9 Å². The van der Waals surface area contributed by atoms with Crippen LogP contribution in [0.1, 0.15) is 36.3 Å². The average Bonchev–Trinajstić information content (AvgIpc) is 2.64. The Morgan fingerprint density at radius 3 is 2.36 bits per heavy atom. The van der Waals surface area contributed by atoms with E-state index in [4.69, 9.17) is 0 Å². The van der Waals surface area contributed by atoms with E-state index < -0.39 is 5.60 Å². The number of nitrogens with one attached hydrogen (secondary N) is 1. The molecule has 3 aromatic rings. The molecule has 1 unspecified atom stereocenters. The maximum Gasteiger partial charge on any atom is 0.0728 e. The van der Waals surface area contributed by atoms with Gasteiger partial charge in [-0.1, -0.05) is 72.8 Å². The number of benzene rings is 3. The van der Waals surface area contributed by atoms with Crippen molar-refractivity contribution in [2.45, 2.75) is 37.3 Å². The Balaban J connectivity index is 1.60. The fraction of sp³-hybridized carbons (Fsp3) is 0.304. The molecule has 128 valence electrons. The van der Waals surface area contributed by atoms with Crippen LogP contribution in [-0.4, -0.2) is 17.3 Å². The smallest absolute Gasteiger partial charge is 0.0728 e. The van der Waals surface area contributed by atoms with Gasteiger partial charge in [0.1, 0.15) is 0 Å². The lowest BCUT2D eigenvalue weighted by Crippen LogP contribution is -2.46. The molecule has 1 fully saturated rings. The van der Waals surface area contributed by atoms with Gasteiger partial charge in [-0.15, -0.1) is 0 Å². The minimum Gasteiger partial charge on any atom is -0.389 e. The molecule has 0 aromatic heterocycles. The van der Waals surface area contributed by atoms with E-state index in [0.717, 1.165) is 32.4 Å². The molecule has 0 amide bonds. The van der Waals surface area contributed by atoms with Gasteiger partial charge < -0.3 is 10.4 Å². The quantitative estimate of drug-likeness (QED) is 0.690. The van der Waals surface area contributed by atoms with Crippen LogP contribution in [0.25, 0.3) is 10.8 Å². The lowest BCUT2D eigenvalue weighted by molar-refractivity contribution is -0.0566. The van der Waals surface area contributed by atoms with Crippen LogP contribution in [0.3, 0.4) is 0 Å². The van der Waals surface area contributed by atoms with Crippen LogP contribution >= 0.6 is 0 Å². The Bertz CT molecular complexity index is 834. The van der Waals surface area contributed by atoms with E-state index in [0.29, 0.717) is 0 Å². The van der Waals surface area contributed by atoms with Gasteiger partial charge in [-0.05, 0) is 41.2 Å². The van der Waals surface area contributed by atoms with Gasteiger partial charge in [-0.2, -0.15) is 0 Å². The van der Waals surface area contributed by atoms with Gasteiger partial charge in [0.15, 0.2) is 0 Å². The van der Waals surface area contributed by atoms with Gasteiger partial charge in [-0.3, -0.25) is 0 Å². The first-order valence-corrected chi connectivity index (χ1v) is 9.21. The molecule has 0 saturated heterocycles. The number of rotatable bonds is 6. The van der Waals surface area contributed by atoms with Gasteiger partial charge in [-0.25, -0.2) is 0 Å². The zero-order valence-corrected chi connectivity index (χ0v) is 14.5. The molecule has 4 rings (SSSR count). The second-order valence-electron chi connectivity index (χ2n) is 7.19. The Hall–Kier alpha value is -2.16. The van der Waals surface area contributed by atoms with Crippen LogP contribution < -0.4 is 5.32 Å². The van der Waals surface area contributed by atoms with Crippen LogP contribution in [-0.2, 0) is 6.54 Å². The monoisotopic (exact) mass is 331 g/mol. The fourth-order valence-corrected chi connectivity index (χ4v) is 3.99. The van der Waals surface area contributed by atoms with Gasteiger partial charge in [0.2, 0.25) is 0 Å². The number of hydrogen-bond donors (Lipinski definition) is 2. The highest BCUT2D eigenvalue weighted by atomic mass is 16.3. The van der Waals surface area contributed by atoms with E-state index >= 15 is 0 Å². The van der Waals surface area contributed by atoms with Crippen LogP contribution in [0.5, 0.6) is 0 Å². The van der Waals surface area contributed by atoms with Crippen LogP contribution in [0.2, 0.25) is 0 Å². The van der Waals surface area contributed by atoms with Crippen LogP contribution in [0, 0.1) is 0 Å². The summed E-state index contributed by atoms with van der Waals surface area (Å²) in [6, 6.07) is 25.4. The van der Waals surface area contributed by atoms with Gasteiger partial charge in [0.25, 0.3) is 0 Å². The topological polar surface area (TPSA) is 32.3 Å². The molecular weight excluding hydrogens is 306 g/mol. The fourth-order valence-electron chi connectivity index (χ4n) is 3.99. The molecule has 1 aliphatic carbocycles. The third-order valence-electron chi connectivity index (χ3n) is 5.59. The molecule has 1 saturated carbocycles. The van der Waals surface area contributed by atoms with Crippen molar-refractivity contribution in [3.63, 3.8) is 0 Å². The first kappa shape index (κ1) is 16.3. The summed E-state index contributed by atoms with van der Waals surface area (Å²) in [4.78, 5) is 0. The van der Waals surface area contributed by atoms with Gasteiger partial charge >= 0.3 is 0 Å². The lowest BCUT2D eigenvalue weighted by Gasteiger charge is -2.44. The largest absolute Gasteiger partial charge is 0.389 e. The average molecular weight is 331 g/mol. The van der Waals surface area contributed by atoms with Crippen LogP contribution in [0.15, 0.2) is 72.8 Å². The summed E-state index contributed by atoms with van der Waals surface area (Å²) in [6.45, 7) is 1.62. The first-order valence-electron chi connectivity index (χ1n) is 9.21. The summed E-state index contributed by atoms with van der Waals surface area (Å²) in [6.07, 6.45) is 2.91. The SMILES string of the molecule is OC1(C(CNCc2ccccc2)c2cccc3ccccc23)CCC1. The van der Waals surface area contributed by atoms with Crippen molar-refractivity contribution in [3.8, 4) is 0 Å².